The van der Waals surface area contributed by atoms with E-state index in [1.807, 2.05) is 16.1 Å². The molecular formula is C15H21N5OS. The van der Waals surface area contributed by atoms with Crippen LogP contribution in [-0.4, -0.2) is 45.2 Å². The molecule has 0 spiro atoms. The lowest BCUT2D eigenvalue weighted by molar-refractivity contribution is -0.126. The van der Waals surface area contributed by atoms with Crippen molar-refractivity contribution in [2.75, 3.05) is 19.6 Å². The Morgan fingerprint density at radius 1 is 1.36 bits per heavy atom. The van der Waals surface area contributed by atoms with Crippen LogP contribution in [0.4, 0.5) is 0 Å². The first-order chi connectivity index (χ1) is 10.8. The summed E-state index contributed by atoms with van der Waals surface area (Å²) < 4.78 is 1.85. The summed E-state index contributed by atoms with van der Waals surface area (Å²) in [5, 5.41) is 9.20. The maximum Gasteiger partial charge on any atom is 0.223 e. The Bertz CT molecular complexity index is 561. The van der Waals surface area contributed by atoms with E-state index in [2.05, 4.69) is 26.4 Å². The Labute approximate surface area is 134 Å². The van der Waals surface area contributed by atoms with E-state index in [1.54, 1.807) is 24.0 Å². The van der Waals surface area contributed by atoms with E-state index in [4.69, 9.17) is 0 Å². The summed E-state index contributed by atoms with van der Waals surface area (Å²) in [6.45, 7) is 4.43. The molecule has 22 heavy (non-hydrogen) atoms. The molecule has 1 saturated heterocycles. The van der Waals surface area contributed by atoms with E-state index < -0.39 is 0 Å². The van der Waals surface area contributed by atoms with Crippen LogP contribution in [0.1, 0.15) is 17.7 Å². The van der Waals surface area contributed by atoms with Gasteiger partial charge in [-0.3, -0.25) is 9.48 Å². The molecule has 6 nitrogen and oxygen atoms in total. The van der Waals surface area contributed by atoms with E-state index in [9.17, 15) is 4.79 Å². The lowest BCUT2D eigenvalue weighted by Gasteiger charge is -2.31. The zero-order chi connectivity index (χ0) is 15.2. The largest absolute Gasteiger partial charge is 0.351 e. The molecule has 0 atom stereocenters. The number of carbonyl (C=O) groups is 1. The third kappa shape index (κ3) is 4.14. The van der Waals surface area contributed by atoms with Gasteiger partial charge in [0.25, 0.3) is 0 Å². The van der Waals surface area contributed by atoms with Crippen molar-refractivity contribution in [2.24, 2.45) is 5.92 Å². The van der Waals surface area contributed by atoms with Gasteiger partial charge in [-0.15, -0.1) is 11.3 Å². The van der Waals surface area contributed by atoms with E-state index >= 15 is 0 Å². The van der Waals surface area contributed by atoms with Crippen molar-refractivity contribution in [2.45, 2.75) is 25.9 Å². The van der Waals surface area contributed by atoms with Gasteiger partial charge in [-0.25, -0.2) is 4.98 Å². The minimum atomic E-state index is 0.155. The van der Waals surface area contributed by atoms with Gasteiger partial charge >= 0.3 is 0 Å². The average Bonchev–Trinajstić information content (AvgIpc) is 3.24. The van der Waals surface area contributed by atoms with Crippen molar-refractivity contribution in [3.63, 3.8) is 0 Å². The highest BCUT2D eigenvalue weighted by Gasteiger charge is 2.24. The summed E-state index contributed by atoms with van der Waals surface area (Å²) in [4.78, 5) is 19.7. The molecule has 0 saturated carbocycles. The molecule has 118 valence electrons. The number of carbonyl (C=O) groups excluding carboxylic acids is 1. The van der Waals surface area contributed by atoms with Crippen molar-refractivity contribution >= 4 is 17.2 Å². The normalized spacial score (nSPS) is 16.7. The first kappa shape index (κ1) is 15.2. The minimum absolute atomic E-state index is 0.155. The number of hydrogen-bond donors (Lipinski definition) is 1. The quantitative estimate of drug-likeness (QED) is 0.873. The lowest BCUT2D eigenvalue weighted by atomic mass is 9.96. The first-order valence-corrected chi connectivity index (χ1v) is 8.54. The van der Waals surface area contributed by atoms with E-state index in [-0.39, 0.29) is 11.8 Å². The maximum absolute atomic E-state index is 12.2. The summed E-state index contributed by atoms with van der Waals surface area (Å²) in [5.41, 5.74) is 0. The van der Waals surface area contributed by atoms with Crippen LogP contribution in [0.3, 0.4) is 0 Å². The average molecular weight is 319 g/mol. The number of rotatable bonds is 6. The number of aromatic nitrogens is 3. The Morgan fingerprint density at radius 2 is 2.23 bits per heavy atom. The molecule has 1 amide bonds. The number of amides is 1. The van der Waals surface area contributed by atoms with Gasteiger partial charge in [0.1, 0.15) is 12.7 Å². The number of hydrogen-bond acceptors (Lipinski definition) is 5. The standard InChI is InChI=1S/C15H21N5OS/c21-15(17-10-14-2-1-9-22-14)13-3-5-19(6-4-13)7-8-20-12-16-11-18-20/h1-2,9,11-13H,3-8,10H2,(H,17,21). The molecule has 0 aromatic carbocycles. The van der Waals surface area contributed by atoms with Gasteiger partial charge in [0.05, 0.1) is 13.1 Å². The Balaban J connectivity index is 1.36. The predicted molar refractivity (Wildman–Crippen MR) is 85.4 cm³/mol. The third-order valence-electron chi connectivity index (χ3n) is 4.09. The second kappa shape index (κ2) is 7.51. The topological polar surface area (TPSA) is 63.1 Å². The van der Waals surface area contributed by atoms with Gasteiger partial charge in [0.15, 0.2) is 0 Å². The molecule has 1 N–H and O–H groups in total. The van der Waals surface area contributed by atoms with Gasteiger partial charge < -0.3 is 10.2 Å². The van der Waals surface area contributed by atoms with Crippen LogP contribution in [-0.2, 0) is 17.9 Å². The van der Waals surface area contributed by atoms with Crippen LogP contribution in [0.25, 0.3) is 0 Å². The van der Waals surface area contributed by atoms with Gasteiger partial charge in [-0.05, 0) is 37.4 Å². The molecule has 2 aromatic heterocycles. The smallest absolute Gasteiger partial charge is 0.223 e. The summed E-state index contributed by atoms with van der Waals surface area (Å²) >= 11 is 1.68. The fraction of sp³-hybridized carbons (Fsp3) is 0.533. The molecule has 7 heteroatoms. The zero-order valence-corrected chi connectivity index (χ0v) is 13.3. The summed E-state index contributed by atoms with van der Waals surface area (Å²) in [5.74, 6) is 0.354. The molecule has 0 aliphatic carbocycles. The first-order valence-electron chi connectivity index (χ1n) is 7.66. The highest BCUT2D eigenvalue weighted by Crippen LogP contribution is 2.17. The Hall–Kier alpha value is -1.73. The van der Waals surface area contributed by atoms with Gasteiger partial charge in [0.2, 0.25) is 5.91 Å². The van der Waals surface area contributed by atoms with E-state index in [0.29, 0.717) is 6.54 Å². The molecule has 0 radical (unpaired) electrons. The summed E-state index contributed by atoms with van der Waals surface area (Å²) in [6, 6.07) is 4.07. The number of thiophene rings is 1. The van der Waals surface area contributed by atoms with Crippen LogP contribution in [0.2, 0.25) is 0 Å². The number of piperidine rings is 1. The molecule has 1 fully saturated rings. The van der Waals surface area contributed by atoms with Crippen molar-refractivity contribution < 1.29 is 4.79 Å². The lowest BCUT2D eigenvalue weighted by Crippen LogP contribution is -2.41. The summed E-state index contributed by atoms with van der Waals surface area (Å²) in [6.07, 6.45) is 5.18. The minimum Gasteiger partial charge on any atom is -0.351 e. The molecule has 1 aliphatic heterocycles. The second-order valence-corrected chi connectivity index (χ2v) is 6.60. The van der Waals surface area contributed by atoms with Gasteiger partial charge in [-0.2, -0.15) is 5.10 Å². The monoisotopic (exact) mass is 319 g/mol. The number of nitrogens with zero attached hydrogens (tertiary/aromatic N) is 4. The van der Waals surface area contributed by atoms with Gasteiger partial charge in [0, 0.05) is 17.3 Å². The van der Waals surface area contributed by atoms with Crippen LogP contribution in [0.15, 0.2) is 30.2 Å². The fourth-order valence-corrected chi connectivity index (χ4v) is 3.39. The highest BCUT2D eigenvalue weighted by atomic mass is 32.1. The zero-order valence-electron chi connectivity index (χ0n) is 12.5. The Kier molecular flexibility index (Phi) is 5.18. The molecule has 3 heterocycles. The van der Waals surface area contributed by atoms with Crippen LogP contribution < -0.4 is 5.32 Å². The van der Waals surface area contributed by atoms with Crippen LogP contribution in [0.5, 0.6) is 0 Å². The molecule has 1 aliphatic rings. The van der Waals surface area contributed by atoms with E-state index in [0.717, 1.165) is 39.0 Å². The van der Waals surface area contributed by atoms with Crippen LogP contribution >= 0.6 is 11.3 Å². The van der Waals surface area contributed by atoms with E-state index in [1.165, 1.54) is 4.88 Å². The fourth-order valence-electron chi connectivity index (χ4n) is 2.74. The summed E-state index contributed by atoms with van der Waals surface area (Å²) in [7, 11) is 0. The molecule has 3 rings (SSSR count). The maximum atomic E-state index is 12.2. The van der Waals surface area contributed by atoms with Crippen LogP contribution in [0, 0.1) is 5.92 Å². The third-order valence-corrected chi connectivity index (χ3v) is 4.96. The molecular weight excluding hydrogens is 298 g/mol. The number of likely N-dealkylation sites (tertiary alicyclic amines) is 1. The number of nitrogens with one attached hydrogen (secondary N) is 1. The second-order valence-electron chi connectivity index (χ2n) is 5.57. The Morgan fingerprint density at radius 3 is 2.91 bits per heavy atom. The van der Waals surface area contributed by atoms with Gasteiger partial charge in [-0.1, -0.05) is 6.07 Å². The van der Waals surface area contributed by atoms with Crippen molar-refractivity contribution in [1.29, 1.82) is 0 Å². The van der Waals surface area contributed by atoms with Crippen molar-refractivity contribution in [3.8, 4) is 0 Å². The molecule has 2 aromatic rings. The SMILES string of the molecule is O=C(NCc1cccs1)C1CCN(CCn2cncn2)CC1. The molecule has 0 unspecified atom stereocenters. The predicted octanol–water partition coefficient (Wildman–Crippen LogP) is 1.37. The van der Waals surface area contributed by atoms with Crippen molar-refractivity contribution in [3.05, 3.63) is 35.0 Å². The van der Waals surface area contributed by atoms with Crippen molar-refractivity contribution in [1.82, 2.24) is 25.0 Å². The molecule has 0 bridgehead atoms. The highest BCUT2D eigenvalue weighted by molar-refractivity contribution is 7.09.